The van der Waals surface area contributed by atoms with Crippen molar-refractivity contribution < 1.29 is 0 Å². The van der Waals surface area contributed by atoms with Gasteiger partial charge in [-0.25, -0.2) is 0 Å². The lowest BCUT2D eigenvalue weighted by atomic mass is 10.0. The van der Waals surface area contributed by atoms with E-state index in [9.17, 15) is 0 Å². The molecule has 0 radical (unpaired) electrons. The van der Waals surface area contributed by atoms with Gasteiger partial charge in [-0.15, -0.1) is 11.6 Å². The normalized spacial score (nSPS) is 12.4. The summed E-state index contributed by atoms with van der Waals surface area (Å²) in [6.45, 7) is 0. The van der Waals surface area contributed by atoms with Crippen LogP contribution in [-0.2, 0) is 6.42 Å². The van der Waals surface area contributed by atoms with Crippen molar-refractivity contribution in [3.8, 4) is 0 Å². The molecule has 0 fully saturated rings. The monoisotopic (exact) mass is 420 g/mol. The summed E-state index contributed by atoms with van der Waals surface area (Å²) in [6, 6.07) is 16.6. The molecule has 88 valence electrons. The molecule has 0 aliphatic carbocycles. The van der Waals surface area contributed by atoms with Gasteiger partial charge in [-0.05, 0) is 58.3 Å². The molecule has 0 heterocycles. The smallest absolute Gasteiger partial charge is 0.0636 e. The Bertz CT molecular complexity index is 499. The Labute approximate surface area is 129 Å². The van der Waals surface area contributed by atoms with Gasteiger partial charge in [-0.2, -0.15) is 0 Å². The molecule has 0 saturated carbocycles. The van der Waals surface area contributed by atoms with Gasteiger partial charge in [0.2, 0.25) is 0 Å². The van der Waals surface area contributed by atoms with Gasteiger partial charge in [0, 0.05) is 8.04 Å². The number of halogens is 3. The van der Waals surface area contributed by atoms with Crippen molar-refractivity contribution in [2.24, 2.45) is 0 Å². The standard InChI is InChI=1S/C14H11BrClI/c15-13-7-6-11(17)9-12(13)14(16)8-10-4-2-1-3-5-10/h1-7,9,14H,8H2. The van der Waals surface area contributed by atoms with Gasteiger partial charge in [0.1, 0.15) is 0 Å². The van der Waals surface area contributed by atoms with Crippen LogP contribution in [0.4, 0.5) is 0 Å². The Morgan fingerprint density at radius 1 is 1.12 bits per heavy atom. The fourth-order valence-corrected chi connectivity index (χ4v) is 3.21. The third-order valence-electron chi connectivity index (χ3n) is 2.55. The predicted molar refractivity (Wildman–Crippen MR) is 85.6 cm³/mol. The first-order valence-electron chi connectivity index (χ1n) is 5.30. The van der Waals surface area contributed by atoms with E-state index < -0.39 is 0 Å². The van der Waals surface area contributed by atoms with Crippen LogP contribution < -0.4 is 0 Å². The molecule has 0 N–H and O–H groups in total. The van der Waals surface area contributed by atoms with E-state index in [0.29, 0.717) is 0 Å². The van der Waals surface area contributed by atoms with Gasteiger partial charge in [-0.1, -0.05) is 46.3 Å². The minimum atomic E-state index is 0.00138. The summed E-state index contributed by atoms with van der Waals surface area (Å²) < 4.78 is 2.29. The molecule has 1 unspecified atom stereocenters. The molecule has 2 aromatic carbocycles. The van der Waals surface area contributed by atoms with Crippen molar-refractivity contribution in [2.75, 3.05) is 0 Å². The molecule has 0 saturated heterocycles. The molecule has 2 rings (SSSR count). The molecule has 0 aliphatic rings. The van der Waals surface area contributed by atoms with Crippen molar-refractivity contribution in [1.82, 2.24) is 0 Å². The van der Waals surface area contributed by atoms with E-state index in [0.717, 1.165) is 16.5 Å². The topological polar surface area (TPSA) is 0 Å². The maximum Gasteiger partial charge on any atom is 0.0636 e. The van der Waals surface area contributed by atoms with Crippen molar-refractivity contribution in [3.05, 3.63) is 67.7 Å². The molecule has 3 heteroatoms. The highest BCUT2D eigenvalue weighted by atomic mass is 127. The summed E-state index contributed by atoms with van der Waals surface area (Å²) in [5, 5.41) is 0.00138. The number of hydrogen-bond donors (Lipinski definition) is 0. The number of hydrogen-bond acceptors (Lipinski definition) is 0. The summed E-state index contributed by atoms with van der Waals surface area (Å²) in [4.78, 5) is 0. The molecule has 0 spiro atoms. The first-order valence-corrected chi connectivity index (χ1v) is 7.60. The zero-order valence-corrected chi connectivity index (χ0v) is 13.5. The van der Waals surface area contributed by atoms with Crippen LogP contribution in [0.5, 0.6) is 0 Å². The lowest BCUT2D eigenvalue weighted by Crippen LogP contribution is -1.97. The molecule has 17 heavy (non-hydrogen) atoms. The first-order chi connectivity index (χ1) is 8.16. The molecule has 0 nitrogen and oxygen atoms in total. The van der Waals surface area contributed by atoms with E-state index in [1.54, 1.807) is 0 Å². The highest BCUT2D eigenvalue weighted by Crippen LogP contribution is 2.32. The van der Waals surface area contributed by atoms with Gasteiger partial charge in [0.05, 0.1) is 5.38 Å². The Morgan fingerprint density at radius 2 is 1.82 bits per heavy atom. The van der Waals surface area contributed by atoms with Gasteiger partial charge in [0.15, 0.2) is 0 Å². The molecule has 0 aliphatic heterocycles. The fourth-order valence-electron chi connectivity index (χ4n) is 1.69. The van der Waals surface area contributed by atoms with E-state index in [1.807, 2.05) is 18.2 Å². The van der Waals surface area contributed by atoms with Crippen LogP contribution in [0.3, 0.4) is 0 Å². The molecular weight excluding hydrogens is 410 g/mol. The van der Waals surface area contributed by atoms with E-state index in [1.165, 1.54) is 9.13 Å². The Hall–Kier alpha value is -0.0600. The second kappa shape index (κ2) is 6.21. The van der Waals surface area contributed by atoms with E-state index in [4.69, 9.17) is 11.6 Å². The summed E-state index contributed by atoms with van der Waals surface area (Å²) in [5.74, 6) is 0. The highest BCUT2D eigenvalue weighted by molar-refractivity contribution is 14.1. The third-order valence-corrected chi connectivity index (χ3v) is 4.34. The molecule has 0 amide bonds. The van der Waals surface area contributed by atoms with E-state index in [-0.39, 0.29) is 5.38 Å². The zero-order chi connectivity index (χ0) is 12.3. The van der Waals surface area contributed by atoms with Gasteiger partial charge < -0.3 is 0 Å². The summed E-state index contributed by atoms with van der Waals surface area (Å²) in [7, 11) is 0. The van der Waals surface area contributed by atoms with Crippen molar-refractivity contribution in [1.29, 1.82) is 0 Å². The SMILES string of the molecule is ClC(Cc1ccccc1)c1cc(I)ccc1Br. The van der Waals surface area contributed by atoms with Crippen LogP contribution in [0.15, 0.2) is 53.0 Å². The molecule has 1 atom stereocenters. The van der Waals surface area contributed by atoms with E-state index in [2.05, 4.69) is 68.9 Å². The van der Waals surface area contributed by atoms with Gasteiger partial charge in [0.25, 0.3) is 0 Å². The maximum atomic E-state index is 6.48. The van der Waals surface area contributed by atoms with Crippen molar-refractivity contribution in [3.63, 3.8) is 0 Å². The van der Waals surface area contributed by atoms with Crippen LogP contribution in [0.25, 0.3) is 0 Å². The molecule has 0 bridgehead atoms. The van der Waals surface area contributed by atoms with Crippen LogP contribution >= 0.6 is 50.1 Å². The van der Waals surface area contributed by atoms with Crippen LogP contribution in [0.2, 0.25) is 0 Å². The highest BCUT2D eigenvalue weighted by Gasteiger charge is 2.12. The van der Waals surface area contributed by atoms with Crippen LogP contribution in [0.1, 0.15) is 16.5 Å². The number of benzene rings is 2. The Kier molecular flexibility index (Phi) is 4.88. The minimum Gasteiger partial charge on any atom is -0.117 e. The second-order valence-electron chi connectivity index (χ2n) is 3.82. The fraction of sp³-hybridized carbons (Fsp3) is 0.143. The minimum absolute atomic E-state index is 0.00138. The molecular formula is C14H11BrClI. The lowest BCUT2D eigenvalue weighted by Gasteiger charge is -2.12. The van der Waals surface area contributed by atoms with Crippen molar-refractivity contribution in [2.45, 2.75) is 11.8 Å². The Morgan fingerprint density at radius 3 is 2.53 bits per heavy atom. The predicted octanol–water partition coefficient (Wildman–Crippen LogP) is 5.58. The van der Waals surface area contributed by atoms with Gasteiger partial charge in [-0.3, -0.25) is 0 Å². The molecule has 0 aromatic heterocycles. The average Bonchev–Trinajstić information content (AvgIpc) is 2.33. The third kappa shape index (κ3) is 3.70. The maximum absolute atomic E-state index is 6.48. The quantitative estimate of drug-likeness (QED) is 0.449. The first kappa shape index (κ1) is 13.4. The van der Waals surface area contributed by atoms with Gasteiger partial charge >= 0.3 is 0 Å². The number of alkyl halides is 1. The van der Waals surface area contributed by atoms with E-state index >= 15 is 0 Å². The zero-order valence-electron chi connectivity index (χ0n) is 9.04. The summed E-state index contributed by atoms with van der Waals surface area (Å²) in [6.07, 6.45) is 0.848. The average molecular weight is 422 g/mol. The Balaban J connectivity index is 2.20. The van der Waals surface area contributed by atoms with Crippen LogP contribution in [-0.4, -0.2) is 0 Å². The number of rotatable bonds is 3. The lowest BCUT2D eigenvalue weighted by molar-refractivity contribution is 0.913. The second-order valence-corrected chi connectivity index (χ2v) is 6.45. The van der Waals surface area contributed by atoms with Crippen molar-refractivity contribution >= 4 is 50.1 Å². The van der Waals surface area contributed by atoms with Crippen LogP contribution in [0, 0.1) is 3.57 Å². The summed E-state index contributed by atoms with van der Waals surface area (Å²) >= 11 is 12.3. The largest absolute Gasteiger partial charge is 0.117 e. The molecule has 2 aromatic rings. The summed E-state index contributed by atoms with van der Waals surface area (Å²) in [5.41, 5.74) is 2.42.